The molecule has 0 aliphatic rings. The van der Waals surface area contributed by atoms with Crippen LogP contribution in [0.15, 0.2) is 41.1 Å². The molecular weight excluding hydrogens is 218 g/mol. The first-order chi connectivity index (χ1) is 7.87. The van der Waals surface area contributed by atoms with Crippen molar-refractivity contribution in [2.45, 2.75) is 55.4 Å². The smallest absolute Gasteiger partial charge is 0.0302 e. The Bertz CT molecular complexity index is 392. The lowest BCUT2D eigenvalue weighted by Gasteiger charge is -2.24. The van der Waals surface area contributed by atoms with Crippen molar-refractivity contribution >= 4 is 5.71 Å². The van der Waals surface area contributed by atoms with Crippen molar-refractivity contribution in [1.82, 2.24) is 0 Å². The zero-order valence-corrected chi connectivity index (χ0v) is 13.4. The van der Waals surface area contributed by atoms with Crippen LogP contribution in [0, 0.1) is 10.8 Å². The molecule has 0 aromatic heterocycles. The molecule has 0 spiro atoms. The molecule has 18 heavy (non-hydrogen) atoms. The van der Waals surface area contributed by atoms with Gasteiger partial charge in [0.2, 0.25) is 0 Å². The average molecular weight is 247 g/mol. The molecule has 0 unspecified atom stereocenters. The second-order valence-electron chi connectivity index (χ2n) is 6.98. The molecule has 0 aliphatic heterocycles. The van der Waals surface area contributed by atoms with E-state index < -0.39 is 0 Å². The van der Waals surface area contributed by atoms with Crippen LogP contribution < -0.4 is 0 Å². The highest BCUT2D eigenvalue weighted by molar-refractivity contribution is 5.87. The van der Waals surface area contributed by atoms with Gasteiger partial charge in [-0.3, -0.25) is 4.99 Å². The van der Waals surface area contributed by atoms with Crippen LogP contribution in [0.4, 0.5) is 0 Å². The van der Waals surface area contributed by atoms with Crippen molar-refractivity contribution in [1.29, 1.82) is 0 Å². The van der Waals surface area contributed by atoms with Crippen LogP contribution in [-0.2, 0) is 0 Å². The molecule has 0 aromatic carbocycles. The van der Waals surface area contributed by atoms with Crippen molar-refractivity contribution in [3.05, 3.63) is 36.1 Å². The third-order valence-electron chi connectivity index (χ3n) is 3.28. The van der Waals surface area contributed by atoms with Gasteiger partial charge in [0.15, 0.2) is 0 Å². The maximum absolute atomic E-state index is 4.53. The first-order valence-electron chi connectivity index (χ1n) is 6.48. The van der Waals surface area contributed by atoms with Crippen LogP contribution in [0.5, 0.6) is 0 Å². The van der Waals surface area contributed by atoms with Gasteiger partial charge in [-0.25, -0.2) is 0 Å². The highest BCUT2D eigenvalue weighted by Gasteiger charge is 2.18. The lowest BCUT2D eigenvalue weighted by atomic mass is 9.81. The number of nitrogens with zero attached hydrogens (tertiary/aromatic N) is 1. The molecule has 0 bridgehead atoms. The fourth-order valence-electron chi connectivity index (χ4n) is 1.16. The van der Waals surface area contributed by atoms with E-state index in [1.54, 1.807) is 0 Å². The Kier molecular flexibility index (Phi) is 5.34. The molecule has 0 heterocycles. The van der Waals surface area contributed by atoms with E-state index in [-0.39, 0.29) is 10.8 Å². The number of hydrogen-bond acceptors (Lipinski definition) is 1. The normalized spacial score (nSPS) is 14.7. The summed E-state index contributed by atoms with van der Waals surface area (Å²) in [4.78, 5) is 4.53. The summed E-state index contributed by atoms with van der Waals surface area (Å²) in [7, 11) is 0. The van der Waals surface area contributed by atoms with E-state index in [1.165, 1.54) is 0 Å². The summed E-state index contributed by atoms with van der Waals surface area (Å²) in [6, 6.07) is 0. The third-order valence-corrected chi connectivity index (χ3v) is 3.28. The lowest BCUT2D eigenvalue weighted by Crippen LogP contribution is -2.16. The maximum Gasteiger partial charge on any atom is 0.0302 e. The Morgan fingerprint density at radius 3 is 1.67 bits per heavy atom. The molecule has 0 aromatic rings. The van der Waals surface area contributed by atoms with Gasteiger partial charge < -0.3 is 0 Å². The average Bonchev–Trinajstić information content (AvgIpc) is 2.20. The molecule has 0 radical (unpaired) electrons. The van der Waals surface area contributed by atoms with Gasteiger partial charge in [0.25, 0.3) is 0 Å². The van der Waals surface area contributed by atoms with Crippen molar-refractivity contribution < 1.29 is 0 Å². The number of rotatable bonds is 3. The summed E-state index contributed by atoms with van der Waals surface area (Å²) in [6.45, 7) is 25.3. The lowest BCUT2D eigenvalue weighted by molar-refractivity contribution is 0.514. The summed E-state index contributed by atoms with van der Waals surface area (Å²) in [5, 5.41) is 0. The fourth-order valence-corrected chi connectivity index (χ4v) is 1.16. The van der Waals surface area contributed by atoms with Crippen molar-refractivity contribution in [2.75, 3.05) is 0 Å². The zero-order chi connectivity index (χ0) is 14.7. The van der Waals surface area contributed by atoms with Gasteiger partial charge in [-0.05, 0) is 41.4 Å². The summed E-state index contributed by atoms with van der Waals surface area (Å²) in [5.41, 5.74) is 4.43. The monoisotopic (exact) mass is 247 g/mol. The maximum atomic E-state index is 4.53. The fraction of sp³-hybridized carbons (Fsp3) is 0.588. The number of aliphatic imine (C=N–C) groups is 1. The van der Waals surface area contributed by atoms with E-state index in [1.807, 2.05) is 13.1 Å². The van der Waals surface area contributed by atoms with Gasteiger partial charge in [0.1, 0.15) is 0 Å². The highest BCUT2D eigenvalue weighted by Crippen LogP contribution is 2.32. The van der Waals surface area contributed by atoms with E-state index in [0.29, 0.717) is 0 Å². The Hall–Kier alpha value is -1.11. The highest BCUT2D eigenvalue weighted by atomic mass is 14.7. The van der Waals surface area contributed by atoms with Crippen LogP contribution in [0.3, 0.4) is 0 Å². The van der Waals surface area contributed by atoms with Crippen LogP contribution in [0.2, 0.25) is 0 Å². The molecule has 0 saturated carbocycles. The predicted octanol–water partition coefficient (Wildman–Crippen LogP) is 5.56. The van der Waals surface area contributed by atoms with Gasteiger partial charge in [0.05, 0.1) is 0 Å². The zero-order valence-electron chi connectivity index (χ0n) is 13.4. The molecular formula is C17H29N. The van der Waals surface area contributed by atoms with E-state index >= 15 is 0 Å². The minimum absolute atomic E-state index is 0.0506. The van der Waals surface area contributed by atoms with Crippen LogP contribution in [0.25, 0.3) is 0 Å². The van der Waals surface area contributed by atoms with E-state index in [2.05, 4.69) is 66.6 Å². The van der Waals surface area contributed by atoms with Gasteiger partial charge in [-0.15, -0.1) is 0 Å². The van der Waals surface area contributed by atoms with Gasteiger partial charge in [-0.1, -0.05) is 54.7 Å². The SMILES string of the molecule is C=C(C(=C)C(C)(C)C)/C(C)=C\N=C(/C)C(C)(C)C. The first kappa shape index (κ1) is 16.9. The van der Waals surface area contributed by atoms with Crippen LogP contribution >= 0.6 is 0 Å². The van der Waals surface area contributed by atoms with Gasteiger partial charge >= 0.3 is 0 Å². The second kappa shape index (κ2) is 5.69. The molecule has 0 atom stereocenters. The molecule has 102 valence electrons. The first-order valence-corrected chi connectivity index (χ1v) is 6.48. The molecule has 1 heteroatoms. The summed E-state index contributed by atoms with van der Waals surface area (Å²) < 4.78 is 0. The van der Waals surface area contributed by atoms with Crippen LogP contribution in [-0.4, -0.2) is 5.71 Å². The van der Waals surface area contributed by atoms with Crippen molar-refractivity contribution in [3.63, 3.8) is 0 Å². The summed E-state index contributed by atoms with van der Waals surface area (Å²) >= 11 is 0. The minimum Gasteiger partial charge on any atom is -0.265 e. The van der Waals surface area contributed by atoms with Crippen molar-refractivity contribution in [2.24, 2.45) is 15.8 Å². The Morgan fingerprint density at radius 2 is 1.33 bits per heavy atom. The molecule has 0 N–H and O–H groups in total. The quantitative estimate of drug-likeness (QED) is 0.457. The molecule has 1 nitrogen and oxygen atoms in total. The largest absolute Gasteiger partial charge is 0.265 e. The van der Waals surface area contributed by atoms with E-state index in [9.17, 15) is 0 Å². The topological polar surface area (TPSA) is 12.4 Å². The minimum atomic E-state index is 0.0506. The number of allylic oxidation sites excluding steroid dienone is 3. The van der Waals surface area contributed by atoms with Crippen LogP contribution in [0.1, 0.15) is 55.4 Å². The summed E-state index contributed by atoms with van der Waals surface area (Å²) in [6.07, 6.45) is 1.90. The Labute approximate surface area is 113 Å². The van der Waals surface area contributed by atoms with Gasteiger partial charge in [-0.2, -0.15) is 0 Å². The molecule has 0 amide bonds. The molecule has 0 saturated heterocycles. The van der Waals surface area contributed by atoms with E-state index in [0.717, 1.165) is 22.4 Å². The predicted molar refractivity (Wildman–Crippen MR) is 84.1 cm³/mol. The summed E-state index contributed by atoms with van der Waals surface area (Å²) in [5.74, 6) is 0. The van der Waals surface area contributed by atoms with Crippen molar-refractivity contribution in [3.8, 4) is 0 Å². The van der Waals surface area contributed by atoms with E-state index in [4.69, 9.17) is 0 Å². The number of hydrogen-bond donors (Lipinski definition) is 0. The van der Waals surface area contributed by atoms with Gasteiger partial charge in [0, 0.05) is 11.9 Å². The Morgan fingerprint density at radius 1 is 0.889 bits per heavy atom. The molecule has 0 rings (SSSR count). The second-order valence-corrected chi connectivity index (χ2v) is 6.98. The molecule has 0 fully saturated rings. The third kappa shape index (κ3) is 5.03. The Balaban J connectivity index is 5.04. The standard InChI is InChI=1S/C17H29N/c1-12(11-18-15(4)17(8,9)10)13(2)14(3)16(5,6)7/h11H,2-3H2,1,4-10H3/b12-11-,18-15+. The molecule has 0 aliphatic carbocycles.